The highest BCUT2D eigenvalue weighted by Crippen LogP contribution is 2.37. The van der Waals surface area contributed by atoms with Crippen molar-refractivity contribution < 1.29 is 16.8 Å². The van der Waals surface area contributed by atoms with Crippen molar-refractivity contribution >= 4 is 25.4 Å². The van der Waals surface area contributed by atoms with Crippen LogP contribution in [0.4, 0.5) is 5.69 Å². The van der Waals surface area contributed by atoms with Crippen LogP contribution in [0, 0.1) is 0 Å². The second-order valence-electron chi connectivity index (χ2n) is 8.47. The summed E-state index contributed by atoms with van der Waals surface area (Å²) in [5.41, 5.74) is 6.51. The molecule has 0 heterocycles. The Hall–Kier alpha value is -2.12. The molecule has 0 saturated heterocycles. The molecule has 182 valence electrons. The van der Waals surface area contributed by atoms with Crippen LogP contribution in [0.2, 0.25) is 0 Å². The van der Waals surface area contributed by atoms with Gasteiger partial charge in [0.2, 0.25) is 0 Å². The van der Waals surface area contributed by atoms with Gasteiger partial charge in [0, 0.05) is 11.1 Å². The van der Waals surface area contributed by atoms with E-state index >= 15 is 0 Å². The van der Waals surface area contributed by atoms with E-state index in [1.54, 1.807) is 30.3 Å². The van der Waals surface area contributed by atoms with Crippen LogP contribution < -0.4 is 5.73 Å². The molecule has 0 amide bonds. The van der Waals surface area contributed by atoms with Crippen molar-refractivity contribution in [2.24, 2.45) is 0 Å². The Balaban J connectivity index is 2.24. The zero-order valence-corrected chi connectivity index (χ0v) is 21.2. The number of benzene rings is 2. The van der Waals surface area contributed by atoms with Gasteiger partial charge >= 0.3 is 0 Å². The number of nitrogens with two attached hydrogens (primary N) is 1. The van der Waals surface area contributed by atoms with Crippen LogP contribution in [0.3, 0.4) is 0 Å². The fraction of sp³-hybridized carbons (Fsp3) is 0.462. The minimum absolute atomic E-state index is 0.0000517. The van der Waals surface area contributed by atoms with Crippen LogP contribution >= 0.6 is 0 Å². The number of unbranched alkanes of at least 4 members (excludes halogenated alkanes) is 8. The molecule has 0 saturated carbocycles. The molecule has 33 heavy (non-hydrogen) atoms. The lowest BCUT2D eigenvalue weighted by Crippen LogP contribution is -2.17. The topological polar surface area (TPSA) is 94.3 Å². The van der Waals surface area contributed by atoms with Gasteiger partial charge in [-0.2, -0.15) is 0 Å². The van der Waals surface area contributed by atoms with Gasteiger partial charge in [0.05, 0.1) is 15.0 Å². The summed E-state index contributed by atoms with van der Waals surface area (Å²) in [7, 11) is -7.62. The molecule has 0 aliphatic heterocycles. The maximum Gasteiger partial charge on any atom is 0.199 e. The van der Waals surface area contributed by atoms with E-state index in [1.165, 1.54) is 50.3 Å². The smallest absolute Gasteiger partial charge is 0.199 e. The van der Waals surface area contributed by atoms with Gasteiger partial charge in [-0.15, -0.1) is 0 Å². The number of hydrogen-bond acceptors (Lipinski definition) is 5. The van der Waals surface area contributed by atoms with Gasteiger partial charge < -0.3 is 5.73 Å². The first-order valence-corrected chi connectivity index (χ1v) is 14.9. The molecular formula is C26H37NO4S2. The Bertz CT molecular complexity index is 1090. The summed E-state index contributed by atoms with van der Waals surface area (Å²) in [6.45, 7) is 5.61. The number of nitrogen functional groups attached to an aromatic ring is 1. The Morgan fingerprint density at radius 3 is 1.94 bits per heavy atom. The van der Waals surface area contributed by atoms with E-state index < -0.39 is 24.9 Å². The maximum absolute atomic E-state index is 13.6. The van der Waals surface area contributed by atoms with E-state index in [9.17, 15) is 16.8 Å². The zero-order chi connectivity index (χ0) is 24.3. The van der Waals surface area contributed by atoms with Crippen LogP contribution in [-0.2, 0) is 19.7 Å². The van der Waals surface area contributed by atoms with E-state index in [0.717, 1.165) is 24.7 Å². The van der Waals surface area contributed by atoms with Gasteiger partial charge in [0.15, 0.2) is 19.7 Å². The van der Waals surface area contributed by atoms with Crippen molar-refractivity contribution in [2.75, 3.05) is 5.73 Å². The molecule has 7 heteroatoms. The highest BCUT2D eigenvalue weighted by molar-refractivity contribution is 7.94. The van der Waals surface area contributed by atoms with Crippen molar-refractivity contribution in [3.05, 3.63) is 66.1 Å². The number of sulfone groups is 2. The monoisotopic (exact) mass is 491 g/mol. The fourth-order valence-electron chi connectivity index (χ4n) is 4.04. The van der Waals surface area contributed by atoms with E-state index in [-0.39, 0.29) is 9.79 Å². The Kier molecular flexibility index (Phi) is 10.6. The fourth-order valence-corrected chi connectivity index (χ4v) is 6.96. The van der Waals surface area contributed by atoms with E-state index in [4.69, 9.17) is 5.73 Å². The molecule has 0 bridgehead atoms. The summed E-state index contributed by atoms with van der Waals surface area (Å²) in [6.07, 6.45) is 10.4. The molecule has 0 aromatic heterocycles. The summed E-state index contributed by atoms with van der Waals surface area (Å²) in [6, 6.07) is 12.4. The van der Waals surface area contributed by atoms with Crippen molar-refractivity contribution in [2.45, 2.75) is 86.2 Å². The quantitative estimate of drug-likeness (QED) is 0.223. The van der Waals surface area contributed by atoms with Crippen molar-refractivity contribution in [1.82, 2.24) is 0 Å². The number of hydrogen-bond donors (Lipinski definition) is 1. The summed E-state index contributed by atoms with van der Waals surface area (Å²) >= 11 is 0. The second kappa shape index (κ2) is 12.9. The van der Waals surface area contributed by atoms with Crippen LogP contribution in [0.5, 0.6) is 0 Å². The summed E-state index contributed by atoms with van der Waals surface area (Å²) in [5, 5.41) is -0.0892. The highest BCUT2D eigenvalue weighted by atomic mass is 32.2. The molecule has 1 atom stereocenters. The van der Waals surface area contributed by atoms with Crippen molar-refractivity contribution in [3.63, 3.8) is 0 Å². The SMILES string of the molecule is C=CS(=O)(=O)c1ccccc1C(CCCCCCCCCCC)S(=O)(=O)c1ccc(N)cc1. The molecule has 2 aromatic rings. The molecule has 0 spiro atoms. The zero-order valence-electron chi connectivity index (χ0n) is 19.6. The summed E-state index contributed by atoms with van der Waals surface area (Å²) in [5.74, 6) is 0. The third-order valence-corrected chi connectivity index (χ3v) is 9.54. The van der Waals surface area contributed by atoms with Crippen LogP contribution in [0.15, 0.2) is 70.3 Å². The third kappa shape index (κ3) is 7.71. The Morgan fingerprint density at radius 2 is 1.36 bits per heavy atom. The molecule has 2 aromatic carbocycles. The first kappa shape index (κ1) is 27.1. The largest absolute Gasteiger partial charge is 0.399 e. The van der Waals surface area contributed by atoms with Gasteiger partial charge in [-0.1, -0.05) is 89.5 Å². The molecule has 0 radical (unpaired) electrons. The van der Waals surface area contributed by atoms with Crippen molar-refractivity contribution in [3.8, 4) is 0 Å². The molecule has 2 rings (SSSR count). The van der Waals surface area contributed by atoms with Crippen LogP contribution in [0.1, 0.15) is 81.9 Å². The number of rotatable bonds is 15. The molecule has 0 fully saturated rings. The first-order valence-electron chi connectivity index (χ1n) is 11.8. The van der Waals surface area contributed by atoms with E-state index in [0.29, 0.717) is 24.1 Å². The number of anilines is 1. The van der Waals surface area contributed by atoms with Crippen LogP contribution in [-0.4, -0.2) is 16.8 Å². The predicted octanol–water partition coefficient (Wildman–Crippen LogP) is 6.62. The average Bonchev–Trinajstić information content (AvgIpc) is 2.80. The lowest BCUT2D eigenvalue weighted by atomic mass is 10.0. The van der Waals surface area contributed by atoms with Gasteiger partial charge in [-0.05, 0) is 42.3 Å². The maximum atomic E-state index is 13.6. The standard InChI is InChI=1S/C26H37NO4S2/c1-3-5-6-7-8-9-10-11-12-17-26(33(30,31)23-20-18-22(27)19-21-23)24-15-13-14-16-25(24)32(28,29)4-2/h4,13-16,18-21,26H,2-3,5-12,17,27H2,1H3. The minimum Gasteiger partial charge on any atom is -0.399 e. The lowest BCUT2D eigenvalue weighted by Gasteiger charge is -2.21. The normalized spacial score (nSPS) is 13.0. The van der Waals surface area contributed by atoms with Gasteiger partial charge in [-0.25, -0.2) is 16.8 Å². The van der Waals surface area contributed by atoms with E-state index in [2.05, 4.69) is 13.5 Å². The molecule has 0 aliphatic rings. The first-order chi connectivity index (χ1) is 15.7. The van der Waals surface area contributed by atoms with Crippen LogP contribution in [0.25, 0.3) is 0 Å². The predicted molar refractivity (Wildman–Crippen MR) is 136 cm³/mol. The van der Waals surface area contributed by atoms with Gasteiger partial charge in [-0.3, -0.25) is 0 Å². The molecule has 1 unspecified atom stereocenters. The molecule has 5 nitrogen and oxygen atoms in total. The lowest BCUT2D eigenvalue weighted by molar-refractivity contribution is 0.538. The third-order valence-electron chi connectivity index (χ3n) is 5.94. The van der Waals surface area contributed by atoms with Gasteiger partial charge in [0.25, 0.3) is 0 Å². The average molecular weight is 492 g/mol. The minimum atomic E-state index is -3.82. The van der Waals surface area contributed by atoms with Crippen molar-refractivity contribution in [1.29, 1.82) is 0 Å². The van der Waals surface area contributed by atoms with E-state index in [1.807, 2.05) is 0 Å². The molecule has 2 N–H and O–H groups in total. The molecule has 0 aliphatic carbocycles. The molecular weight excluding hydrogens is 454 g/mol. The Morgan fingerprint density at radius 1 is 0.818 bits per heavy atom. The second-order valence-corrected chi connectivity index (χ2v) is 12.5. The summed E-state index contributed by atoms with van der Waals surface area (Å²) in [4.78, 5) is 0.142. The highest BCUT2D eigenvalue weighted by Gasteiger charge is 2.32. The Labute approximate surface area is 199 Å². The van der Waals surface area contributed by atoms with Gasteiger partial charge in [0.1, 0.15) is 0 Å². The summed E-state index contributed by atoms with van der Waals surface area (Å²) < 4.78 is 52.5.